The zero-order valence-corrected chi connectivity index (χ0v) is 21.6. The predicted octanol–water partition coefficient (Wildman–Crippen LogP) is 8.47. The van der Waals surface area contributed by atoms with Crippen LogP contribution in [0.15, 0.2) is 60.7 Å². The first-order valence-corrected chi connectivity index (χ1v) is 13.2. The van der Waals surface area contributed by atoms with Gasteiger partial charge in [0.1, 0.15) is 17.2 Å². The highest BCUT2D eigenvalue weighted by molar-refractivity contribution is 5.53. The molecule has 3 aromatic carbocycles. The van der Waals surface area contributed by atoms with Crippen LogP contribution in [-0.2, 0) is 5.41 Å². The Morgan fingerprint density at radius 3 is 1.54 bits per heavy atom. The third-order valence-corrected chi connectivity index (χ3v) is 8.59. The van der Waals surface area contributed by atoms with Crippen molar-refractivity contribution in [1.29, 1.82) is 0 Å². The molecule has 1 aliphatic carbocycles. The molecule has 3 aromatic rings. The van der Waals surface area contributed by atoms with Gasteiger partial charge in [-0.1, -0.05) is 52.0 Å². The standard InChI is InChI=1S/C32H40O3/c1-5-21(3)28-19-26(34)11-13-30(28)32(31-14-12-27(35)20-29(31)22(4)6-2)17-15-24(16-18-32)23-7-9-25(33)10-8-23/h7-14,19-22,24,33-35H,5-6,15-18H2,1-4H3. The van der Waals surface area contributed by atoms with Gasteiger partial charge in [-0.05, 0) is 120 Å². The first kappa shape index (κ1) is 25.2. The van der Waals surface area contributed by atoms with Gasteiger partial charge in [-0.2, -0.15) is 0 Å². The van der Waals surface area contributed by atoms with E-state index in [4.69, 9.17) is 0 Å². The Morgan fingerprint density at radius 2 is 1.11 bits per heavy atom. The van der Waals surface area contributed by atoms with Crippen molar-refractivity contribution in [1.82, 2.24) is 0 Å². The third kappa shape index (κ3) is 4.91. The van der Waals surface area contributed by atoms with E-state index in [1.807, 2.05) is 24.3 Å². The van der Waals surface area contributed by atoms with E-state index >= 15 is 0 Å². The van der Waals surface area contributed by atoms with E-state index in [2.05, 4.69) is 52.0 Å². The normalized spacial score (nSPS) is 22.0. The van der Waals surface area contributed by atoms with Gasteiger partial charge in [0.25, 0.3) is 0 Å². The average Bonchev–Trinajstić information content (AvgIpc) is 2.88. The highest BCUT2D eigenvalue weighted by Crippen LogP contribution is 2.53. The highest BCUT2D eigenvalue weighted by Gasteiger charge is 2.42. The summed E-state index contributed by atoms with van der Waals surface area (Å²) in [4.78, 5) is 0. The van der Waals surface area contributed by atoms with Crippen LogP contribution in [-0.4, -0.2) is 15.3 Å². The van der Waals surface area contributed by atoms with Gasteiger partial charge in [0.15, 0.2) is 0 Å². The fraction of sp³-hybridized carbons (Fsp3) is 0.438. The first-order chi connectivity index (χ1) is 16.8. The Bertz CT molecular complexity index is 1080. The Hall–Kier alpha value is -2.94. The number of rotatable bonds is 7. The molecule has 0 spiro atoms. The van der Waals surface area contributed by atoms with Crippen LogP contribution in [0.3, 0.4) is 0 Å². The maximum atomic E-state index is 10.4. The van der Waals surface area contributed by atoms with Crippen molar-refractivity contribution < 1.29 is 15.3 Å². The van der Waals surface area contributed by atoms with Crippen LogP contribution >= 0.6 is 0 Å². The minimum Gasteiger partial charge on any atom is -0.508 e. The van der Waals surface area contributed by atoms with E-state index in [1.165, 1.54) is 27.8 Å². The quantitative estimate of drug-likeness (QED) is 0.323. The molecule has 0 bridgehead atoms. The first-order valence-electron chi connectivity index (χ1n) is 13.2. The molecule has 186 valence electrons. The van der Waals surface area contributed by atoms with Crippen LogP contribution in [0.5, 0.6) is 17.2 Å². The second-order valence-corrected chi connectivity index (χ2v) is 10.6. The van der Waals surface area contributed by atoms with Gasteiger partial charge in [-0.25, -0.2) is 0 Å². The van der Waals surface area contributed by atoms with Gasteiger partial charge in [-0.3, -0.25) is 0 Å². The van der Waals surface area contributed by atoms with Crippen molar-refractivity contribution in [2.45, 2.75) is 89.4 Å². The molecule has 3 heteroatoms. The Morgan fingerprint density at radius 1 is 0.686 bits per heavy atom. The van der Waals surface area contributed by atoms with Crippen molar-refractivity contribution in [2.24, 2.45) is 0 Å². The summed E-state index contributed by atoms with van der Waals surface area (Å²) in [6.45, 7) is 8.91. The number of phenols is 3. The molecule has 3 N–H and O–H groups in total. The number of aromatic hydroxyl groups is 3. The summed E-state index contributed by atoms with van der Waals surface area (Å²) in [6, 6.07) is 19.7. The summed E-state index contributed by atoms with van der Waals surface area (Å²) in [5.41, 5.74) is 6.23. The smallest absolute Gasteiger partial charge is 0.115 e. The van der Waals surface area contributed by atoms with E-state index in [0.29, 0.717) is 35.0 Å². The molecule has 3 nitrogen and oxygen atoms in total. The lowest BCUT2D eigenvalue weighted by molar-refractivity contribution is 0.309. The van der Waals surface area contributed by atoms with E-state index in [0.717, 1.165) is 38.5 Å². The van der Waals surface area contributed by atoms with Crippen molar-refractivity contribution in [2.75, 3.05) is 0 Å². The van der Waals surface area contributed by atoms with Crippen molar-refractivity contribution in [3.8, 4) is 17.2 Å². The molecule has 1 fully saturated rings. The fourth-order valence-electron chi connectivity index (χ4n) is 6.10. The highest BCUT2D eigenvalue weighted by atomic mass is 16.3. The summed E-state index contributed by atoms with van der Waals surface area (Å²) in [5.74, 6) is 2.09. The molecule has 1 saturated carbocycles. The molecule has 2 atom stereocenters. The van der Waals surface area contributed by atoms with Crippen molar-refractivity contribution in [3.63, 3.8) is 0 Å². The zero-order valence-electron chi connectivity index (χ0n) is 21.6. The van der Waals surface area contributed by atoms with Crippen LogP contribution in [0.4, 0.5) is 0 Å². The largest absolute Gasteiger partial charge is 0.508 e. The molecular weight excluding hydrogens is 432 g/mol. The number of hydrogen-bond acceptors (Lipinski definition) is 3. The number of hydrogen-bond donors (Lipinski definition) is 3. The number of phenolic OH excluding ortho intramolecular Hbond substituents is 3. The third-order valence-electron chi connectivity index (χ3n) is 8.59. The SMILES string of the molecule is CCC(C)c1cc(O)ccc1C1(c2ccc(O)cc2C(C)CC)CCC(c2ccc(O)cc2)CC1. The average molecular weight is 473 g/mol. The molecule has 2 unspecified atom stereocenters. The summed E-state index contributed by atoms with van der Waals surface area (Å²) in [6.07, 6.45) is 6.12. The van der Waals surface area contributed by atoms with Gasteiger partial charge < -0.3 is 15.3 Å². The van der Waals surface area contributed by atoms with Gasteiger partial charge in [0, 0.05) is 5.41 Å². The second-order valence-electron chi connectivity index (χ2n) is 10.6. The zero-order chi connectivity index (χ0) is 25.2. The van der Waals surface area contributed by atoms with Gasteiger partial charge in [-0.15, -0.1) is 0 Å². The summed E-state index contributed by atoms with van der Waals surface area (Å²) >= 11 is 0. The second kappa shape index (κ2) is 10.4. The van der Waals surface area contributed by atoms with Gasteiger partial charge in [0.2, 0.25) is 0 Å². The molecule has 0 radical (unpaired) electrons. The summed E-state index contributed by atoms with van der Waals surface area (Å²) < 4.78 is 0. The lowest BCUT2D eigenvalue weighted by Crippen LogP contribution is -2.35. The van der Waals surface area contributed by atoms with E-state index in [9.17, 15) is 15.3 Å². The maximum Gasteiger partial charge on any atom is 0.115 e. The molecule has 0 amide bonds. The molecule has 35 heavy (non-hydrogen) atoms. The monoisotopic (exact) mass is 472 g/mol. The van der Waals surface area contributed by atoms with Crippen molar-refractivity contribution in [3.05, 3.63) is 88.5 Å². The van der Waals surface area contributed by atoms with E-state index < -0.39 is 0 Å². The lowest BCUT2D eigenvalue weighted by Gasteiger charge is -2.44. The van der Waals surface area contributed by atoms with Crippen LogP contribution in [0.1, 0.15) is 112 Å². The number of benzene rings is 3. The Kier molecular flexibility index (Phi) is 7.44. The molecule has 4 rings (SSSR count). The minimum absolute atomic E-state index is 0.174. The summed E-state index contributed by atoms with van der Waals surface area (Å²) in [7, 11) is 0. The minimum atomic E-state index is -0.174. The fourth-order valence-corrected chi connectivity index (χ4v) is 6.10. The maximum absolute atomic E-state index is 10.4. The Balaban J connectivity index is 1.87. The van der Waals surface area contributed by atoms with Gasteiger partial charge in [0.05, 0.1) is 0 Å². The Labute approximate surface area is 210 Å². The van der Waals surface area contributed by atoms with Crippen molar-refractivity contribution >= 4 is 0 Å². The molecule has 0 saturated heterocycles. The molecule has 0 aliphatic heterocycles. The molecule has 0 heterocycles. The van der Waals surface area contributed by atoms with Crippen LogP contribution in [0.25, 0.3) is 0 Å². The summed E-state index contributed by atoms with van der Waals surface area (Å²) in [5, 5.41) is 30.6. The molecule has 0 aromatic heterocycles. The predicted molar refractivity (Wildman–Crippen MR) is 144 cm³/mol. The van der Waals surface area contributed by atoms with E-state index in [-0.39, 0.29) is 5.41 Å². The molecular formula is C32H40O3. The topological polar surface area (TPSA) is 60.7 Å². The lowest BCUT2D eigenvalue weighted by atomic mass is 9.59. The van der Waals surface area contributed by atoms with Crippen LogP contribution in [0.2, 0.25) is 0 Å². The van der Waals surface area contributed by atoms with E-state index in [1.54, 1.807) is 12.1 Å². The van der Waals surface area contributed by atoms with Gasteiger partial charge >= 0.3 is 0 Å². The molecule has 1 aliphatic rings. The van der Waals surface area contributed by atoms with Crippen LogP contribution < -0.4 is 0 Å². The van der Waals surface area contributed by atoms with Crippen LogP contribution in [0, 0.1) is 0 Å².